The molecule has 0 aromatic carbocycles. The van der Waals surface area contributed by atoms with Crippen LogP contribution in [-0.4, -0.2) is 24.7 Å². The fourth-order valence-electron chi connectivity index (χ4n) is 1.62. The molecule has 5 heteroatoms. The predicted octanol–water partition coefficient (Wildman–Crippen LogP) is 1.73. The first-order valence-electron chi connectivity index (χ1n) is 4.63. The van der Waals surface area contributed by atoms with Crippen LogP contribution in [0.5, 0.6) is 0 Å². The summed E-state index contributed by atoms with van der Waals surface area (Å²) in [4.78, 5) is 10.5. The number of rotatable bonds is 3. The van der Waals surface area contributed by atoms with Crippen molar-refractivity contribution in [1.82, 2.24) is 0 Å². The maximum atomic E-state index is 10.9. The van der Waals surface area contributed by atoms with E-state index in [0.717, 1.165) is 0 Å². The van der Waals surface area contributed by atoms with Gasteiger partial charge in [-0.25, -0.2) is 0 Å². The van der Waals surface area contributed by atoms with E-state index in [2.05, 4.69) is 0 Å². The van der Waals surface area contributed by atoms with Gasteiger partial charge in [-0.1, -0.05) is 6.92 Å². The van der Waals surface area contributed by atoms with E-state index in [-0.39, 0.29) is 11.6 Å². The summed E-state index contributed by atoms with van der Waals surface area (Å²) in [5.41, 5.74) is -0.872. The zero-order valence-corrected chi connectivity index (χ0v) is 9.31. The van der Waals surface area contributed by atoms with Crippen LogP contribution in [0.2, 0.25) is 0 Å². The Balaban J connectivity index is 3.19. The van der Waals surface area contributed by atoms with E-state index in [1.54, 1.807) is 6.92 Å². The molecule has 0 aliphatic heterocycles. The first-order chi connectivity index (χ1) is 6.95. The summed E-state index contributed by atoms with van der Waals surface area (Å²) >= 11 is 0. The second-order valence-corrected chi connectivity index (χ2v) is 3.66. The van der Waals surface area contributed by atoms with Gasteiger partial charge in [-0.15, -0.1) is 0 Å². The topological polar surface area (TPSA) is 61.6 Å². The minimum atomic E-state index is -0.897. The van der Waals surface area contributed by atoms with Gasteiger partial charge in [-0.2, -0.15) is 0 Å². The van der Waals surface area contributed by atoms with Crippen molar-refractivity contribution in [2.75, 3.05) is 14.2 Å². The van der Waals surface area contributed by atoms with Crippen molar-refractivity contribution in [3.8, 4) is 0 Å². The molecule has 5 nitrogen and oxygen atoms in total. The fourth-order valence-corrected chi connectivity index (χ4v) is 1.62. The summed E-state index contributed by atoms with van der Waals surface area (Å²) in [5.74, 6) is 0.395. The lowest BCUT2D eigenvalue weighted by molar-refractivity contribution is -0.447. The minimum absolute atomic E-state index is 0.0249. The number of hydrogen-bond acceptors (Lipinski definition) is 4. The molecule has 0 bridgehead atoms. The summed E-state index contributed by atoms with van der Waals surface area (Å²) in [6.07, 6.45) is 3.22. The first-order valence-corrected chi connectivity index (χ1v) is 4.63. The van der Waals surface area contributed by atoms with E-state index < -0.39 is 10.5 Å². The lowest BCUT2D eigenvalue weighted by atomic mass is 9.83. The molecule has 0 aromatic heterocycles. The van der Waals surface area contributed by atoms with E-state index in [4.69, 9.17) is 9.47 Å². The number of methoxy groups -OCH3 is 2. The molecule has 1 aliphatic rings. The molecule has 2 unspecified atom stereocenters. The van der Waals surface area contributed by atoms with Crippen LogP contribution in [0.4, 0.5) is 0 Å². The zero-order valence-electron chi connectivity index (χ0n) is 9.31. The highest BCUT2D eigenvalue weighted by atomic mass is 16.6. The molecular formula is C10H15NO4. The van der Waals surface area contributed by atoms with Crippen molar-refractivity contribution in [2.45, 2.75) is 19.4 Å². The Morgan fingerprint density at radius 3 is 2.53 bits per heavy atom. The third-order valence-electron chi connectivity index (χ3n) is 2.93. The van der Waals surface area contributed by atoms with Crippen LogP contribution in [0, 0.1) is 16.0 Å². The molecule has 0 radical (unpaired) electrons. The lowest BCUT2D eigenvalue weighted by Crippen LogP contribution is -2.41. The highest BCUT2D eigenvalue weighted by Gasteiger charge is 2.45. The first kappa shape index (κ1) is 11.7. The van der Waals surface area contributed by atoms with Gasteiger partial charge in [0.2, 0.25) is 0 Å². The molecule has 84 valence electrons. The molecule has 0 fully saturated rings. The number of nitrogens with zero attached hydrogens (tertiary/aromatic N) is 1. The van der Waals surface area contributed by atoms with Gasteiger partial charge in [-0.05, 0) is 13.0 Å². The smallest absolute Gasteiger partial charge is 0.281 e. The van der Waals surface area contributed by atoms with Crippen molar-refractivity contribution >= 4 is 0 Å². The van der Waals surface area contributed by atoms with E-state index in [1.807, 2.05) is 13.0 Å². The minimum Gasteiger partial charge on any atom is -0.497 e. The Labute approximate surface area is 88.5 Å². The van der Waals surface area contributed by atoms with Gasteiger partial charge in [-0.3, -0.25) is 10.1 Å². The quantitative estimate of drug-likeness (QED) is 0.529. The molecular weight excluding hydrogens is 198 g/mol. The second kappa shape index (κ2) is 4.02. The number of allylic oxidation sites excluding steroid dienone is 1. The van der Waals surface area contributed by atoms with Crippen LogP contribution in [-0.2, 0) is 9.47 Å². The average Bonchev–Trinajstić information content (AvgIpc) is 2.21. The average molecular weight is 213 g/mol. The van der Waals surface area contributed by atoms with E-state index in [0.29, 0.717) is 5.76 Å². The SMILES string of the molecule is COC1=CC(C)C(C)(OC)C([N+](=O)[O-])=C1. The van der Waals surface area contributed by atoms with Crippen molar-refractivity contribution in [3.05, 3.63) is 33.7 Å². The van der Waals surface area contributed by atoms with Crippen molar-refractivity contribution in [3.63, 3.8) is 0 Å². The fraction of sp³-hybridized carbons (Fsp3) is 0.600. The molecule has 0 spiro atoms. The van der Waals surface area contributed by atoms with Crippen molar-refractivity contribution < 1.29 is 14.4 Å². The Morgan fingerprint density at radius 1 is 1.53 bits per heavy atom. The maximum Gasteiger partial charge on any atom is 0.281 e. The highest BCUT2D eigenvalue weighted by Crippen LogP contribution is 2.35. The summed E-state index contributed by atoms with van der Waals surface area (Å²) < 4.78 is 10.3. The standard InChI is InChI=1S/C10H15NO4/c1-7-5-8(14-3)6-9(11(12)13)10(7,2)15-4/h5-7H,1-4H3. The van der Waals surface area contributed by atoms with Gasteiger partial charge in [0.15, 0.2) is 5.60 Å². The molecule has 0 amide bonds. The summed E-state index contributed by atoms with van der Waals surface area (Å²) in [6, 6.07) is 0. The lowest BCUT2D eigenvalue weighted by Gasteiger charge is -2.32. The molecule has 0 aromatic rings. The molecule has 0 saturated heterocycles. The summed E-state index contributed by atoms with van der Waals surface area (Å²) in [5, 5.41) is 10.9. The van der Waals surface area contributed by atoms with E-state index in [1.165, 1.54) is 20.3 Å². The summed E-state index contributed by atoms with van der Waals surface area (Å²) in [7, 11) is 2.96. The summed E-state index contributed by atoms with van der Waals surface area (Å²) in [6.45, 7) is 3.56. The van der Waals surface area contributed by atoms with Crippen molar-refractivity contribution in [1.29, 1.82) is 0 Å². The van der Waals surface area contributed by atoms with Gasteiger partial charge >= 0.3 is 0 Å². The van der Waals surface area contributed by atoms with Crippen LogP contribution in [0.15, 0.2) is 23.6 Å². The van der Waals surface area contributed by atoms with Crippen LogP contribution in [0.25, 0.3) is 0 Å². The molecule has 2 atom stereocenters. The second-order valence-electron chi connectivity index (χ2n) is 3.66. The van der Waals surface area contributed by atoms with Crippen LogP contribution in [0.1, 0.15) is 13.8 Å². The zero-order chi connectivity index (χ0) is 11.6. The Morgan fingerprint density at radius 2 is 2.13 bits per heavy atom. The molecule has 1 rings (SSSR count). The number of ether oxygens (including phenoxy) is 2. The Hall–Kier alpha value is -1.36. The van der Waals surface area contributed by atoms with Crippen LogP contribution < -0.4 is 0 Å². The maximum absolute atomic E-state index is 10.9. The molecule has 1 aliphatic carbocycles. The normalized spacial score (nSPS) is 30.5. The van der Waals surface area contributed by atoms with Crippen molar-refractivity contribution in [2.24, 2.45) is 5.92 Å². The number of hydrogen-bond donors (Lipinski definition) is 0. The highest BCUT2D eigenvalue weighted by molar-refractivity contribution is 5.29. The van der Waals surface area contributed by atoms with Gasteiger partial charge in [0.1, 0.15) is 5.76 Å². The Bertz CT molecular complexity index is 334. The largest absolute Gasteiger partial charge is 0.497 e. The van der Waals surface area contributed by atoms with Gasteiger partial charge in [0.05, 0.1) is 18.1 Å². The third kappa shape index (κ3) is 1.87. The van der Waals surface area contributed by atoms with E-state index >= 15 is 0 Å². The van der Waals surface area contributed by atoms with Crippen LogP contribution in [0.3, 0.4) is 0 Å². The molecule has 0 saturated carbocycles. The monoisotopic (exact) mass is 213 g/mol. The van der Waals surface area contributed by atoms with Gasteiger partial charge in [0, 0.05) is 13.0 Å². The van der Waals surface area contributed by atoms with Gasteiger partial charge in [0.25, 0.3) is 5.70 Å². The Kier molecular flexibility index (Phi) is 3.14. The van der Waals surface area contributed by atoms with Gasteiger partial charge < -0.3 is 9.47 Å². The molecule has 15 heavy (non-hydrogen) atoms. The predicted molar refractivity (Wildman–Crippen MR) is 54.7 cm³/mol. The van der Waals surface area contributed by atoms with Crippen LogP contribution >= 0.6 is 0 Å². The third-order valence-corrected chi connectivity index (χ3v) is 2.93. The van der Waals surface area contributed by atoms with E-state index in [9.17, 15) is 10.1 Å². The molecule has 0 heterocycles. The number of nitro groups is 1. The molecule has 0 N–H and O–H groups in total.